The highest BCUT2D eigenvalue weighted by Crippen LogP contribution is 2.63. The Hall–Kier alpha value is -1.59. The fourth-order valence-electron chi connectivity index (χ4n) is 3.44. The van der Waals surface area contributed by atoms with Gasteiger partial charge in [-0.15, -0.1) is 0 Å². The molecule has 0 bridgehead atoms. The third kappa shape index (κ3) is 1.23. The van der Waals surface area contributed by atoms with Gasteiger partial charge in [0, 0.05) is 5.92 Å². The van der Waals surface area contributed by atoms with Crippen molar-refractivity contribution in [3.05, 3.63) is 0 Å². The van der Waals surface area contributed by atoms with E-state index < -0.39 is 11.6 Å². The molecule has 3 fully saturated rings. The van der Waals surface area contributed by atoms with Gasteiger partial charge in [-0.25, -0.2) is 4.79 Å². The van der Waals surface area contributed by atoms with Crippen LogP contribution in [0, 0.1) is 17.8 Å². The Kier molecular flexibility index (Phi) is 1.99. The van der Waals surface area contributed by atoms with Crippen LogP contribution in [-0.4, -0.2) is 30.1 Å². The molecule has 1 saturated heterocycles. The highest BCUT2D eigenvalue weighted by atomic mass is 16.5. The molecule has 4 unspecified atom stereocenters. The molecule has 6 heteroatoms. The number of carbonyl (C=O) groups excluding carboxylic acids is 3. The van der Waals surface area contributed by atoms with Crippen LogP contribution in [0.15, 0.2) is 0 Å². The third-order valence-corrected chi connectivity index (χ3v) is 4.14. The summed E-state index contributed by atoms with van der Waals surface area (Å²) in [5, 5.41) is 4.95. The Morgan fingerprint density at radius 2 is 2.29 bits per heavy atom. The number of amides is 3. The maximum absolute atomic E-state index is 11.8. The summed E-state index contributed by atoms with van der Waals surface area (Å²) in [5.74, 6) is -0.628. The summed E-state index contributed by atoms with van der Waals surface area (Å²) >= 11 is 0. The molecular formula is C11H14N2O4. The second-order valence-corrected chi connectivity index (χ2v) is 4.89. The van der Waals surface area contributed by atoms with Crippen LogP contribution in [0.5, 0.6) is 0 Å². The zero-order valence-corrected chi connectivity index (χ0v) is 9.49. The molecule has 3 amide bonds. The number of fused-ring (bicyclic) bond motifs is 2. The number of hydrogen-bond donors (Lipinski definition) is 2. The molecule has 4 atom stereocenters. The van der Waals surface area contributed by atoms with Crippen molar-refractivity contribution in [2.75, 3.05) is 6.61 Å². The van der Waals surface area contributed by atoms with Crippen molar-refractivity contribution in [2.45, 2.75) is 25.3 Å². The monoisotopic (exact) mass is 238 g/mol. The highest BCUT2D eigenvalue weighted by molar-refractivity contribution is 6.08. The van der Waals surface area contributed by atoms with Gasteiger partial charge in [-0.05, 0) is 25.7 Å². The Labute approximate surface area is 98.1 Å². The van der Waals surface area contributed by atoms with Gasteiger partial charge in [-0.1, -0.05) is 0 Å². The van der Waals surface area contributed by atoms with Gasteiger partial charge in [0.1, 0.15) is 5.54 Å². The summed E-state index contributed by atoms with van der Waals surface area (Å²) in [5.41, 5.74) is -0.848. The van der Waals surface area contributed by atoms with E-state index in [1.165, 1.54) is 0 Å². The Morgan fingerprint density at radius 3 is 2.88 bits per heavy atom. The first-order valence-electron chi connectivity index (χ1n) is 5.90. The molecule has 3 aliphatic rings. The van der Waals surface area contributed by atoms with Crippen molar-refractivity contribution in [2.24, 2.45) is 17.8 Å². The molecule has 0 aromatic carbocycles. The minimum absolute atomic E-state index is 0.0759. The van der Waals surface area contributed by atoms with Crippen LogP contribution < -0.4 is 10.6 Å². The Balaban J connectivity index is 1.80. The molecule has 2 aliphatic carbocycles. The van der Waals surface area contributed by atoms with E-state index in [1.807, 2.05) is 0 Å². The number of urea groups is 1. The van der Waals surface area contributed by atoms with Crippen LogP contribution in [-0.2, 0) is 14.3 Å². The molecule has 0 radical (unpaired) electrons. The van der Waals surface area contributed by atoms with Gasteiger partial charge < -0.3 is 10.1 Å². The predicted molar refractivity (Wildman–Crippen MR) is 55.7 cm³/mol. The Morgan fingerprint density at radius 1 is 1.53 bits per heavy atom. The van der Waals surface area contributed by atoms with Crippen molar-refractivity contribution in [1.82, 2.24) is 10.6 Å². The molecule has 2 saturated carbocycles. The quantitative estimate of drug-likeness (QED) is 0.514. The lowest BCUT2D eigenvalue weighted by atomic mass is 9.90. The molecule has 0 aromatic rings. The molecule has 3 rings (SSSR count). The zero-order chi connectivity index (χ0) is 12.2. The van der Waals surface area contributed by atoms with E-state index in [2.05, 4.69) is 10.6 Å². The lowest BCUT2D eigenvalue weighted by molar-refractivity contribution is -0.146. The summed E-state index contributed by atoms with van der Waals surface area (Å²) < 4.78 is 4.98. The predicted octanol–water partition coefficient (Wildman–Crippen LogP) is -0.216. The molecule has 1 spiro atoms. The molecule has 6 nitrogen and oxygen atoms in total. The zero-order valence-electron chi connectivity index (χ0n) is 9.49. The molecule has 2 N–H and O–H groups in total. The molecule has 1 aliphatic heterocycles. The summed E-state index contributed by atoms with van der Waals surface area (Å²) in [6, 6.07) is -0.454. The van der Waals surface area contributed by atoms with Crippen LogP contribution >= 0.6 is 0 Å². The number of rotatable bonds is 2. The number of esters is 1. The SMILES string of the molecule is CCOC(=O)C1C2CCC3(NC(=O)NC3=O)C21. The van der Waals surface area contributed by atoms with Gasteiger partial charge in [0.25, 0.3) is 5.91 Å². The molecule has 1 heterocycles. The first kappa shape index (κ1) is 10.6. The van der Waals surface area contributed by atoms with E-state index in [9.17, 15) is 14.4 Å². The van der Waals surface area contributed by atoms with E-state index in [0.29, 0.717) is 13.0 Å². The standard InChI is InChI=1S/C11H14N2O4/c1-2-17-8(14)6-5-3-4-11(7(5)6)9(15)12-10(16)13-11/h5-7H,2-4H2,1H3,(H2,12,13,15,16). The summed E-state index contributed by atoms with van der Waals surface area (Å²) in [6.07, 6.45) is 1.41. The van der Waals surface area contributed by atoms with Crippen molar-refractivity contribution in [3.63, 3.8) is 0 Å². The minimum atomic E-state index is -0.848. The third-order valence-electron chi connectivity index (χ3n) is 4.14. The van der Waals surface area contributed by atoms with Gasteiger partial charge in [0.15, 0.2) is 0 Å². The maximum atomic E-state index is 11.8. The summed E-state index contributed by atoms with van der Waals surface area (Å²) in [7, 11) is 0. The average molecular weight is 238 g/mol. The second-order valence-electron chi connectivity index (χ2n) is 4.89. The molecular weight excluding hydrogens is 224 g/mol. The second kappa shape index (κ2) is 3.21. The molecule has 92 valence electrons. The summed E-state index contributed by atoms with van der Waals surface area (Å²) in [4.78, 5) is 34.7. The molecule has 0 aromatic heterocycles. The van der Waals surface area contributed by atoms with E-state index >= 15 is 0 Å². The fourth-order valence-corrected chi connectivity index (χ4v) is 3.44. The molecule has 17 heavy (non-hydrogen) atoms. The van der Waals surface area contributed by atoms with E-state index in [4.69, 9.17) is 4.74 Å². The summed E-state index contributed by atoms with van der Waals surface area (Å²) in [6.45, 7) is 2.11. The number of hydrogen-bond acceptors (Lipinski definition) is 4. The minimum Gasteiger partial charge on any atom is -0.466 e. The lowest BCUT2D eigenvalue weighted by Crippen LogP contribution is -2.48. The number of ether oxygens (including phenoxy) is 1. The van der Waals surface area contributed by atoms with Crippen LogP contribution in [0.3, 0.4) is 0 Å². The van der Waals surface area contributed by atoms with Gasteiger partial charge >= 0.3 is 12.0 Å². The number of imide groups is 1. The average Bonchev–Trinajstić information content (AvgIpc) is 2.79. The Bertz CT molecular complexity index is 422. The fraction of sp³-hybridized carbons (Fsp3) is 0.727. The lowest BCUT2D eigenvalue weighted by Gasteiger charge is -2.22. The van der Waals surface area contributed by atoms with Crippen molar-refractivity contribution in [3.8, 4) is 0 Å². The number of carbonyl (C=O) groups is 3. The van der Waals surface area contributed by atoms with E-state index in [0.717, 1.165) is 6.42 Å². The highest BCUT2D eigenvalue weighted by Gasteiger charge is 2.73. The number of nitrogens with one attached hydrogen (secondary N) is 2. The van der Waals surface area contributed by atoms with Gasteiger partial charge in [-0.3, -0.25) is 14.9 Å². The van der Waals surface area contributed by atoms with Crippen LogP contribution in [0.1, 0.15) is 19.8 Å². The van der Waals surface area contributed by atoms with Crippen LogP contribution in [0.4, 0.5) is 4.79 Å². The van der Waals surface area contributed by atoms with Gasteiger partial charge in [0.05, 0.1) is 12.5 Å². The first-order valence-corrected chi connectivity index (χ1v) is 5.90. The van der Waals surface area contributed by atoms with Crippen LogP contribution in [0.25, 0.3) is 0 Å². The largest absolute Gasteiger partial charge is 0.466 e. The van der Waals surface area contributed by atoms with Crippen molar-refractivity contribution < 1.29 is 19.1 Å². The van der Waals surface area contributed by atoms with E-state index in [1.54, 1.807) is 6.92 Å². The van der Waals surface area contributed by atoms with Crippen LogP contribution in [0.2, 0.25) is 0 Å². The van der Waals surface area contributed by atoms with Crippen molar-refractivity contribution in [1.29, 1.82) is 0 Å². The van der Waals surface area contributed by atoms with Crippen molar-refractivity contribution >= 4 is 17.9 Å². The van der Waals surface area contributed by atoms with Gasteiger partial charge in [0.2, 0.25) is 0 Å². The normalized spacial score (nSPS) is 42.1. The topological polar surface area (TPSA) is 84.5 Å². The smallest absolute Gasteiger partial charge is 0.322 e. The maximum Gasteiger partial charge on any atom is 0.322 e. The first-order chi connectivity index (χ1) is 8.10. The van der Waals surface area contributed by atoms with Gasteiger partial charge in [-0.2, -0.15) is 0 Å². The van der Waals surface area contributed by atoms with E-state index in [-0.39, 0.29) is 29.6 Å².